The number of unbranched alkanes of at least 4 members (excludes halogenated alkanes) is 2. The number of aryl methyl sites for hydroxylation is 1. The maximum Gasteiger partial charge on any atom is 0.348 e. The summed E-state index contributed by atoms with van der Waals surface area (Å²) < 4.78 is 17.0. The predicted molar refractivity (Wildman–Crippen MR) is 137 cm³/mol. The first-order valence-electron chi connectivity index (χ1n) is 12.8. The second-order valence-electron chi connectivity index (χ2n) is 9.33. The number of allylic oxidation sites excluding steroid dienone is 1. The summed E-state index contributed by atoms with van der Waals surface area (Å²) in [4.78, 5) is 26.0. The average molecular weight is 511 g/mol. The van der Waals surface area contributed by atoms with Gasteiger partial charge in [0.15, 0.2) is 6.29 Å². The zero-order chi connectivity index (χ0) is 24.3. The number of esters is 1. The third kappa shape index (κ3) is 8.18. The number of carbonyl (C=O) groups excluding carboxylic acids is 2. The molecule has 1 saturated heterocycles. The molecule has 1 aromatic rings. The molecule has 2 heterocycles. The lowest BCUT2D eigenvalue weighted by molar-refractivity contribution is -0.179. The number of carbonyl (C=O) groups is 2. The fourth-order valence-electron chi connectivity index (χ4n) is 4.84. The smallest absolute Gasteiger partial charge is 0.348 e. The van der Waals surface area contributed by atoms with Crippen LogP contribution in [0.15, 0.2) is 23.8 Å². The molecular formula is C27H39ClO5S. The highest BCUT2D eigenvalue weighted by Crippen LogP contribution is 2.42. The van der Waals surface area contributed by atoms with Crippen molar-refractivity contribution in [1.29, 1.82) is 0 Å². The second kappa shape index (κ2) is 14.4. The van der Waals surface area contributed by atoms with Crippen LogP contribution in [0, 0.1) is 5.92 Å². The van der Waals surface area contributed by atoms with Gasteiger partial charge in [-0.05, 0) is 75.0 Å². The van der Waals surface area contributed by atoms with Crippen molar-refractivity contribution in [1.82, 2.24) is 0 Å². The Morgan fingerprint density at radius 1 is 1.24 bits per heavy atom. The van der Waals surface area contributed by atoms with E-state index in [1.165, 1.54) is 28.9 Å². The van der Waals surface area contributed by atoms with Crippen LogP contribution in [-0.4, -0.2) is 43.2 Å². The number of thiophene rings is 1. The highest BCUT2D eigenvalue weighted by Gasteiger charge is 2.39. The standard InChI is InChI=1S/C27H39ClO5S/c1-3-4-5-9-19(29)13-15-22-21(11-8-10-20-14-16-25(34-20)27(30)31-2)23(28)18-24(22)33-26-12-6-7-17-32-26/h14-16,21,23-24,26H,3-13,17-18H2,1-2H3/t21-,23-,24-,26?/m1/s1. The van der Waals surface area contributed by atoms with Gasteiger partial charge in [0.2, 0.25) is 0 Å². The fraction of sp³-hybridized carbons (Fsp3) is 0.704. The molecule has 4 atom stereocenters. The number of methoxy groups -OCH3 is 1. The van der Waals surface area contributed by atoms with Gasteiger partial charge < -0.3 is 14.2 Å². The lowest BCUT2D eigenvalue weighted by Crippen LogP contribution is -2.28. The van der Waals surface area contributed by atoms with Crippen LogP contribution < -0.4 is 0 Å². The molecule has 7 heteroatoms. The fourth-order valence-corrected chi connectivity index (χ4v) is 6.24. The van der Waals surface area contributed by atoms with E-state index in [-0.39, 0.29) is 29.7 Å². The quantitative estimate of drug-likeness (QED) is 0.125. The number of ketones is 1. The summed E-state index contributed by atoms with van der Waals surface area (Å²) in [6, 6.07) is 3.83. The molecule has 1 unspecified atom stereocenters. The van der Waals surface area contributed by atoms with Crippen LogP contribution in [0.25, 0.3) is 0 Å². The third-order valence-corrected chi connectivity index (χ3v) is 8.35. The first-order valence-corrected chi connectivity index (χ1v) is 14.1. The van der Waals surface area contributed by atoms with Crippen molar-refractivity contribution in [2.75, 3.05) is 13.7 Å². The lowest BCUT2D eigenvalue weighted by atomic mass is 9.93. The molecule has 0 N–H and O–H groups in total. The highest BCUT2D eigenvalue weighted by molar-refractivity contribution is 7.13. The maximum atomic E-state index is 12.5. The molecule has 1 aliphatic carbocycles. The average Bonchev–Trinajstić information content (AvgIpc) is 3.42. The first kappa shape index (κ1) is 27.4. The van der Waals surface area contributed by atoms with Crippen molar-refractivity contribution in [2.45, 2.75) is 102 Å². The van der Waals surface area contributed by atoms with Gasteiger partial charge in [0.1, 0.15) is 10.7 Å². The van der Waals surface area contributed by atoms with Gasteiger partial charge in [-0.3, -0.25) is 4.79 Å². The molecular weight excluding hydrogens is 472 g/mol. The molecule has 3 rings (SSSR count). The van der Waals surface area contributed by atoms with Crippen LogP contribution in [0.5, 0.6) is 0 Å². The Morgan fingerprint density at radius 2 is 2.09 bits per heavy atom. The minimum Gasteiger partial charge on any atom is -0.465 e. The number of hydrogen-bond donors (Lipinski definition) is 0. The molecule has 0 amide bonds. The number of alkyl halides is 1. The van der Waals surface area contributed by atoms with Crippen LogP contribution in [0.1, 0.15) is 92.1 Å². The van der Waals surface area contributed by atoms with Crippen LogP contribution in [0.4, 0.5) is 0 Å². The number of halogens is 1. The molecule has 1 saturated carbocycles. The van der Waals surface area contributed by atoms with E-state index < -0.39 is 0 Å². The Bertz CT molecular complexity index is 814. The van der Waals surface area contributed by atoms with Gasteiger partial charge >= 0.3 is 5.97 Å². The van der Waals surface area contributed by atoms with Crippen molar-refractivity contribution in [2.24, 2.45) is 5.92 Å². The van der Waals surface area contributed by atoms with Crippen LogP contribution in [-0.2, 0) is 25.4 Å². The first-order chi connectivity index (χ1) is 16.5. The van der Waals surface area contributed by atoms with E-state index in [0.717, 1.165) is 70.8 Å². The Kier molecular flexibility index (Phi) is 11.6. The van der Waals surface area contributed by atoms with Crippen molar-refractivity contribution < 1.29 is 23.8 Å². The van der Waals surface area contributed by atoms with Crippen molar-refractivity contribution in [3.8, 4) is 0 Å². The van der Waals surface area contributed by atoms with E-state index in [2.05, 4.69) is 13.0 Å². The molecule has 2 fully saturated rings. The molecule has 0 aromatic carbocycles. The van der Waals surface area contributed by atoms with Crippen molar-refractivity contribution in [3.63, 3.8) is 0 Å². The summed E-state index contributed by atoms with van der Waals surface area (Å²) in [6.45, 7) is 2.90. The van der Waals surface area contributed by atoms with Crippen molar-refractivity contribution >= 4 is 34.7 Å². The molecule has 5 nitrogen and oxygen atoms in total. The van der Waals surface area contributed by atoms with Gasteiger partial charge in [0.25, 0.3) is 0 Å². The zero-order valence-corrected chi connectivity index (χ0v) is 22.1. The van der Waals surface area contributed by atoms with Crippen LogP contribution >= 0.6 is 22.9 Å². The molecule has 0 bridgehead atoms. The Hall–Kier alpha value is -1.21. The number of Topliss-reactive ketones (excluding diaryl/α,β-unsaturated/α-hetero) is 1. The van der Waals surface area contributed by atoms with Gasteiger partial charge in [-0.1, -0.05) is 25.8 Å². The topological polar surface area (TPSA) is 61.8 Å². The monoisotopic (exact) mass is 510 g/mol. The SMILES string of the molecule is CCCCCC(=O)CC=C1[C@@H](CCCc2ccc(C(=O)OC)s2)[C@H](Cl)C[C@H]1OC1CCCCO1. The predicted octanol–water partition coefficient (Wildman–Crippen LogP) is 6.86. The summed E-state index contributed by atoms with van der Waals surface area (Å²) in [5.41, 5.74) is 1.18. The molecule has 0 spiro atoms. The van der Waals surface area contributed by atoms with Crippen molar-refractivity contribution in [3.05, 3.63) is 33.5 Å². The number of rotatable bonds is 13. The van der Waals surface area contributed by atoms with Gasteiger partial charge in [-0.2, -0.15) is 0 Å². The number of hydrogen-bond acceptors (Lipinski definition) is 6. The van der Waals surface area contributed by atoms with Gasteiger partial charge in [0, 0.05) is 29.7 Å². The van der Waals surface area contributed by atoms with Crippen LogP contribution in [0.3, 0.4) is 0 Å². The van der Waals surface area contributed by atoms with Gasteiger partial charge in [-0.25, -0.2) is 4.79 Å². The Balaban J connectivity index is 1.61. The lowest BCUT2D eigenvalue weighted by Gasteiger charge is -2.27. The van der Waals surface area contributed by atoms with Gasteiger partial charge in [-0.15, -0.1) is 22.9 Å². The van der Waals surface area contributed by atoms with E-state index in [1.807, 2.05) is 12.1 Å². The number of ether oxygens (including phenoxy) is 3. The summed E-state index contributed by atoms with van der Waals surface area (Å²) in [5, 5.41) is -0.0102. The zero-order valence-electron chi connectivity index (χ0n) is 20.6. The minimum atomic E-state index is -0.286. The van der Waals surface area contributed by atoms with E-state index in [4.69, 9.17) is 25.8 Å². The summed E-state index contributed by atoms with van der Waals surface area (Å²) in [6.07, 6.45) is 12.8. The molecule has 190 valence electrons. The summed E-state index contributed by atoms with van der Waals surface area (Å²) in [5.74, 6) is 0.199. The largest absolute Gasteiger partial charge is 0.465 e. The van der Waals surface area contributed by atoms with E-state index in [1.54, 1.807) is 0 Å². The van der Waals surface area contributed by atoms with E-state index in [9.17, 15) is 9.59 Å². The maximum absolute atomic E-state index is 12.5. The molecule has 0 radical (unpaired) electrons. The van der Waals surface area contributed by atoms with E-state index in [0.29, 0.717) is 23.5 Å². The Morgan fingerprint density at radius 3 is 2.82 bits per heavy atom. The molecule has 1 aromatic heterocycles. The van der Waals surface area contributed by atoms with Gasteiger partial charge in [0.05, 0.1) is 13.2 Å². The normalized spacial score (nSPS) is 26.1. The van der Waals surface area contributed by atoms with E-state index >= 15 is 0 Å². The molecule has 34 heavy (non-hydrogen) atoms. The second-order valence-corrected chi connectivity index (χ2v) is 11.1. The Labute approximate surface area is 213 Å². The molecule has 2 aliphatic rings. The van der Waals surface area contributed by atoms with Crippen LogP contribution in [0.2, 0.25) is 0 Å². The highest BCUT2D eigenvalue weighted by atomic mass is 35.5. The minimum absolute atomic E-state index is 0.0102. The molecule has 1 aliphatic heterocycles. The summed E-state index contributed by atoms with van der Waals surface area (Å²) in [7, 11) is 1.40. The summed E-state index contributed by atoms with van der Waals surface area (Å²) >= 11 is 8.33. The third-order valence-electron chi connectivity index (χ3n) is 6.74.